The maximum atomic E-state index is 13.2. The summed E-state index contributed by atoms with van der Waals surface area (Å²) in [5.74, 6) is -0.376. The van der Waals surface area contributed by atoms with Gasteiger partial charge in [0, 0.05) is 25.5 Å². The predicted molar refractivity (Wildman–Crippen MR) is 106 cm³/mol. The van der Waals surface area contributed by atoms with Crippen LogP contribution in [-0.2, 0) is 23.2 Å². The van der Waals surface area contributed by atoms with Gasteiger partial charge in [-0.25, -0.2) is 4.39 Å². The molecule has 0 unspecified atom stereocenters. The summed E-state index contributed by atoms with van der Waals surface area (Å²) in [5.41, 5.74) is 2.00. The van der Waals surface area contributed by atoms with Crippen molar-refractivity contribution in [3.8, 4) is 5.75 Å². The van der Waals surface area contributed by atoms with Gasteiger partial charge in [-0.3, -0.25) is 9.78 Å². The number of nitrogens with zero attached hydrogens (tertiary/aromatic N) is 2. The molecule has 1 aromatic heterocycles. The number of aromatic nitrogens is 1. The predicted octanol–water partition coefficient (Wildman–Crippen LogP) is 3.40. The Balaban J connectivity index is 1.82. The largest absolute Gasteiger partial charge is 0.383 e. The van der Waals surface area contributed by atoms with Gasteiger partial charge in [0.15, 0.2) is 0 Å². The van der Waals surface area contributed by atoms with Gasteiger partial charge in [0.2, 0.25) is 0 Å². The van der Waals surface area contributed by atoms with Crippen molar-refractivity contribution < 1.29 is 21.8 Å². The zero-order valence-corrected chi connectivity index (χ0v) is 16.5. The van der Waals surface area contributed by atoms with E-state index in [2.05, 4.69) is 4.98 Å². The normalized spacial score (nSPS) is 11.1. The zero-order valence-electron chi connectivity index (χ0n) is 15.7. The summed E-state index contributed by atoms with van der Waals surface area (Å²) in [4.78, 5) is 18.6. The van der Waals surface area contributed by atoms with Crippen LogP contribution in [0.5, 0.6) is 5.75 Å². The van der Waals surface area contributed by atoms with Crippen molar-refractivity contribution in [3.05, 3.63) is 95.6 Å². The van der Waals surface area contributed by atoms with Crippen LogP contribution in [0, 0.1) is 5.82 Å². The molecule has 0 bridgehead atoms. The van der Waals surface area contributed by atoms with Crippen molar-refractivity contribution in [1.82, 2.24) is 9.88 Å². The van der Waals surface area contributed by atoms with Crippen LogP contribution in [0.25, 0.3) is 0 Å². The molecule has 0 aliphatic rings. The number of benzene rings is 2. The number of amides is 1. The molecule has 0 N–H and O–H groups in total. The Bertz CT molecular complexity index is 1070. The van der Waals surface area contributed by atoms with Gasteiger partial charge in [-0.2, -0.15) is 8.42 Å². The fourth-order valence-electron chi connectivity index (χ4n) is 2.73. The molecule has 29 heavy (non-hydrogen) atoms. The smallest absolute Gasteiger partial charge is 0.306 e. The highest BCUT2D eigenvalue weighted by molar-refractivity contribution is 7.86. The number of carbonyl (C=O) groups excluding carboxylic acids is 1. The minimum absolute atomic E-state index is 0.194. The molecule has 1 heterocycles. The topological polar surface area (TPSA) is 76.6 Å². The van der Waals surface area contributed by atoms with E-state index >= 15 is 0 Å². The van der Waals surface area contributed by atoms with Crippen LogP contribution in [0.1, 0.15) is 21.5 Å². The van der Waals surface area contributed by atoms with Crippen molar-refractivity contribution in [2.75, 3.05) is 6.26 Å². The lowest BCUT2D eigenvalue weighted by Crippen LogP contribution is -2.30. The summed E-state index contributed by atoms with van der Waals surface area (Å²) in [5, 5.41) is 0. The van der Waals surface area contributed by atoms with Gasteiger partial charge < -0.3 is 9.08 Å². The number of halogens is 1. The molecule has 0 radical (unpaired) electrons. The highest BCUT2D eigenvalue weighted by Crippen LogP contribution is 2.18. The van der Waals surface area contributed by atoms with Gasteiger partial charge in [0.1, 0.15) is 11.6 Å². The van der Waals surface area contributed by atoms with Crippen LogP contribution in [0.4, 0.5) is 4.39 Å². The maximum Gasteiger partial charge on any atom is 0.306 e. The molecular formula is C21H19FN2O4S. The molecule has 3 rings (SSSR count). The summed E-state index contributed by atoms with van der Waals surface area (Å²) in [7, 11) is -3.61. The van der Waals surface area contributed by atoms with E-state index in [9.17, 15) is 17.6 Å². The summed E-state index contributed by atoms with van der Waals surface area (Å²) in [6.45, 7) is 0.542. The molecule has 0 fully saturated rings. The summed E-state index contributed by atoms with van der Waals surface area (Å²) < 4.78 is 40.5. The lowest BCUT2D eigenvalue weighted by atomic mass is 10.1. The summed E-state index contributed by atoms with van der Waals surface area (Å²) in [6.07, 6.45) is 4.04. The van der Waals surface area contributed by atoms with Crippen LogP contribution in [0.2, 0.25) is 0 Å². The Hall–Kier alpha value is -3.26. The number of hydrogen-bond acceptors (Lipinski definition) is 5. The summed E-state index contributed by atoms with van der Waals surface area (Å²) in [6, 6.07) is 15.7. The third-order valence-corrected chi connectivity index (χ3v) is 4.52. The number of hydrogen-bond donors (Lipinski definition) is 0. The molecular weight excluding hydrogens is 395 g/mol. The van der Waals surface area contributed by atoms with Gasteiger partial charge in [0.25, 0.3) is 5.91 Å². The van der Waals surface area contributed by atoms with Crippen molar-refractivity contribution >= 4 is 16.0 Å². The lowest BCUT2D eigenvalue weighted by molar-refractivity contribution is 0.0729. The SMILES string of the molecule is CS(=O)(=O)Oc1ccc(CN(Cc2ccc(F)cc2)C(=O)c2cccnc2)cc1. The quantitative estimate of drug-likeness (QED) is 0.554. The standard InChI is InChI=1S/C21H19FN2O4S/c1-29(26,27)28-20-10-6-17(7-11-20)15-24(14-16-4-8-19(22)9-5-16)21(25)18-3-2-12-23-13-18/h2-13H,14-15H2,1H3. The van der Waals surface area contributed by atoms with Gasteiger partial charge in [-0.15, -0.1) is 0 Å². The molecule has 0 atom stereocenters. The van der Waals surface area contributed by atoms with E-state index < -0.39 is 10.1 Å². The Morgan fingerprint density at radius 1 is 1.00 bits per heavy atom. The fourth-order valence-corrected chi connectivity index (χ4v) is 3.19. The molecule has 0 saturated heterocycles. The van der Waals surface area contributed by atoms with Crippen molar-refractivity contribution in [1.29, 1.82) is 0 Å². The van der Waals surface area contributed by atoms with Crippen molar-refractivity contribution in [2.24, 2.45) is 0 Å². The molecule has 0 aliphatic heterocycles. The Labute approximate surface area is 168 Å². The Kier molecular flexibility index (Phi) is 6.23. The summed E-state index contributed by atoms with van der Waals surface area (Å²) >= 11 is 0. The third-order valence-electron chi connectivity index (χ3n) is 4.03. The third kappa shape index (κ3) is 6.11. The number of carbonyl (C=O) groups is 1. The van der Waals surface area contributed by atoms with Gasteiger partial charge in [0.05, 0.1) is 11.8 Å². The van der Waals surface area contributed by atoms with E-state index in [4.69, 9.17) is 4.18 Å². The highest BCUT2D eigenvalue weighted by Gasteiger charge is 2.17. The second-order valence-corrected chi connectivity index (χ2v) is 8.04. The van der Waals surface area contributed by atoms with E-state index in [0.29, 0.717) is 5.56 Å². The zero-order chi connectivity index (χ0) is 20.9. The maximum absolute atomic E-state index is 13.2. The van der Waals surface area contributed by atoms with Crippen molar-refractivity contribution in [3.63, 3.8) is 0 Å². The molecule has 1 amide bonds. The molecule has 150 valence electrons. The van der Waals surface area contributed by atoms with E-state index in [0.717, 1.165) is 17.4 Å². The minimum Gasteiger partial charge on any atom is -0.383 e. The van der Waals surface area contributed by atoms with E-state index in [1.54, 1.807) is 47.5 Å². The number of pyridine rings is 1. The Morgan fingerprint density at radius 3 is 2.10 bits per heavy atom. The average Bonchev–Trinajstić information content (AvgIpc) is 2.69. The van der Waals surface area contributed by atoms with E-state index in [1.165, 1.54) is 30.5 Å². The van der Waals surface area contributed by atoms with Crippen LogP contribution in [0.3, 0.4) is 0 Å². The molecule has 3 aromatic rings. The monoisotopic (exact) mass is 414 g/mol. The first-order chi connectivity index (χ1) is 13.8. The average molecular weight is 414 g/mol. The first kappa shape index (κ1) is 20.5. The fraction of sp³-hybridized carbons (Fsp3) is 0.143. The van der Waals surface area contributed by atoms with Gasteiger partial charge in [-0.05, 0) is 47.5 Å². The molecule has 0 aliphatic carbocycles. The van der Waals surface area contributed by atoms with Gasteiger partial charge in [-0.1, -0.05) is 24.3 Å². The van der Waals surface area contributed by atoms with Crippen LogP contribution < -0.4 is 4.18 Å². The van der Waals surface area contributed by atoms with Crippen LogP contribution in [-0.4, -0.2) is 30.5 Å². The first-order valence-corrected chi connectivity index (χ1v) is 10.5. The molecule has 0 saturated carbocycles. The highest BCUT2D eigenvalue weighted by atomic mass is 32.2. The lowest BCUT2D eigenvalue weighted by Gasteiger charge is -2.23. The van der Waals surface area contributed by atoms with Crippen LogP contribution >= 0.6 is 0 Å². The second kappa shape index (κ2) is 8.83. The van der Waals surface area contributed by atoms with E-state index in [-0.39, 0.29) is 30.6 Å². The van der Waals surface area contributed by atoms with E-state index in [1.807, 2.05) is 0 Å². The number of rotatable bonds is 7. The second-order valence-electron chi connectivity index (χ2n) is 6.46. The molecule has 2 aromatic carbocycles. The van der Waals surface area contributed by atoms with Gasteiger partial charge >= 0.3 is 10.1 Å². The Morgan fingerprint density at radius 2 is 1.59 bits per heavy atom. The van der Waals surface area contributed by atoms with Crippen LogP contribution in [0.15, 0.2) is 73.1 Å². The molecule has 0 spiro atoms. The first-order valence-electron chi connectivity index (χ1n) is 8.72. The minimum atomic E-state index is -3.61. The molecule has 8 heteroatoms. The van der Waals surface area contributed by atoms with Crippen molar-refractivity contribution in [2.45, 2.75) is 13.1 Å². The molecule has 6 nitrogen and oxygen atoms in total.